The Morgan fingerprint density at radius 2 is 1.21 bits per heavy atom. The second kappa shape index (κ2) is 10.0. The first-order chi connectivity index (χ1) is 15.9. The summed E-state index contributed by atoms with van der Waals surface area (Å²) in [6, 6.07) is 23.8. The zero-order valence-electron chi connectivity index (χ0n) is 18.2. The monoisotopic (exact) mass is 458 g/mol. The number of rotatable bonds is 6. The zero-order chi connectivity index (χ0) is 23.2. The fraction of sp³-hybridized carbons (Fsp3) is 0.0800. The number of aryl methyl sites for hydroxylation is 2. The zero-order valence-corrected chi connectivity index (χ0v) is 18.9. The van der Waals surface area contributed by atoms with Gasteiger partial charge in [-0.15, -0.1) is 0 Å². The number of aromatic nitrogens is 2. The van der Waals surface area contributed by atoms with Gasteiger partial charge in [0.2, 0.25) is 5.95 Å². The van der Waals surface area contributed by atoms with Crippen molar-refractivity contribution in [3.63, 3.8) is 0 Å². The van der Waals surface area contributed by atoms with Gasteiger partial charge in [-0.1, -0.05) is 29.3 Å². The predicted octanol–water partition coefficient (Wildman–Crippen LogP) is 6.88. The molecule has 0 spiro atoms. The third kappa shape index (κ3) is 6.44. The number of carbonyl (C=O) groups excluding carboxylic acids is 1. The lowest BCUT2D eigenvalue weighted by Crippen LogP contribution is -2.19. The molecule has 1 aromatic heterocycles. The van der Waals surface area contributed by atoms with Crippen LogP contribution in [0.25, 0.3) is 0 Å². The van der Waals surface area contributed by atoms with Gasteiger partial charge in [0.15, 0.2) is 0 Å². The predicted molar refractivity (Wildman–Crippen MR) is 135 cm³/mol. The Morgan fingerprint density at radius 3 is 1.85 bits per heavy atom. The summed E-state index contributed by atoms with van der Waals surface area (Å²) in [6.45, 7) is 3.97. The lowest BCUT2D eigenvalue weighted by Gasteiger charge is -2.11. The van der Waals surface area contributed by atoms with Crippen molar-refractivity contribution in [1.82, 2.24) is 9.97 Å². The number of benzene rings is 3. The van der Waals surface area contributed by atoms with Gasteiger partial charge in [0.1, 0.15) is 5.82 Å². The highest BCUT2D eigenvalue weighted by Gasteiger charge is 2.06. The minimum atomic E-state index is -0.341. The first-order valence-electron chi connectivity index (χ1n) is 10.3. The maximum Gasteiger partial charge on any atom is 0.323 e. The van der Waals surface area contributed by atoms with Crippen LogP contribution in [0.1, 0.15) is 11.3 Å². The summed E-state index contributed by atoms with van der Waals surface area (Å²) in [7, 11) is 0. The third-order valence-corrected chi connectivity index (χ3v) is 4.93. The molecule has 7 nitrogen and oxygen atoms in total. The molecule has 0 aliphatic rings. The fourth-order valence-corrected chi connectivity index (χ4v) is 3.19. The molecule has 0 bridgehead atoms. The van der Waals surface area contributed by atoms with E-state index in [4.69, 9.17) is 11.6 Å². The Bertz CT molecular complexity index is 1240. The van der Waals surface area contributed by atoms with Gasteiger partial charge in [0, 0.05) is 39.5 Å². The quantitative estimate of drug-likeness (QED) is 0.253. The molecule has 0 saturated carbocycles. The van der Waals surface area contributed by atoms with Gasteiger partial charge in [-0.3, -0.25) is 0 Å². The van der Waals surface area contributed by atoms with E-state index in [1.54, 1.807) is 36.4 Å². The van der Waals surface area contributed by atoms with Crippen LogP contribution in [-0.4, -0.2) is 16.0 Å². The van der Waals surface area contributed by atoms with Crippen molar-refractivity contribution in [3.8, 4) is 0 Å². The van der Waals surface area contributed by atoms with E-state index in [2.05, 4.69) is 31.2 Å². The molecule has 0 aliphatic heterocycles. The van der Waals surface area contributed by atoms with Crippen molar-refractivity contribution >= 4 is 52.1 Å². The number of halogens is 1. The lowest BCUT2D eigenvalue weighted by atomic mass is 10.2. The molecular formula is C25H23ClN6O. The molecule has 0 fully saturated rings. The second-order valence-electron chi connectivity index (χ2n) is 7.50. The molecule has 0 radical (unpaired) electrons. The third-order valence-electron chi connectivity index (χ3n) is 4.68. The largest absolute Gasteiger partial charge is 0.340 e. The Hall–Kier alpha value is -4.10. The van der Waals surface area contributed by atoms with Crippen LogP contribution in [0.5, 0.6) is 0 Å². The number of hydrogen-bond acceptors (Lipinski definition) is 5. The highest BCUT2D eigenvalue weighted by Crippen LogP contribution is 2.21. The normalized spacial score (nSPS) is 10.4. The summed E-state index contributed by atoms with van der Waals surface area (Å²) in [5.41, 5.74) is 5.09. The molecule has 0 saturated heterocycles. The number of nitrogens with one attached hydrogen (secondary N) is 4. The molecule has 1 heterocycles. The molecule has 0 unspecified atom stereocenters. The Kier molecular flexibility index (Phi) is 6.71. The van der Waals surface area contributed by atoms with Gasteiger partial charge < -0.3 is 21.3 Å². The SMILES string of the molecule is Cc1ccc(Nc2cc(C)nc(Nc3ccc(NC(=O)Nc4ccc(Cl)cc4)cc3)n2)cc1. The summed E-state index contributed by atoms with van der Waals surface area (Å²) < 4.78 is 0. The highest BCUT2D eigenvalue weighted by atomic mass is 35.5. The standard InChI is InChI=1S/C25H23ClN6O/c1-16-3-7-19(8-4-16)28-23-15-17(2)27-24(32-23)29-20-11-13-22(14-12-20)31-25(33)30-21-9-5-18(26)6-10-21/h3-15H,1-2H3,(H2,30,31,33)(H2,27,28,29,32). The minimum Gasteiger partial charge on any atom is -0.340 e. The summed E-state index contributed by atoms with van der Waals surface area (Å²) >= 11 is 5.86. The molecule has 33 heavy (non-hydrogen) atoms. The Balaban J connectivity index is 1.38. The van der Waals surface area contributed by atoms with Crippen LogP contribution in [0, 0.1) is 13.8 Å². The summed E-state index contributed by atoms with van der Waals surface area (Å²) in [5, 5.41) is 12.7. The van der Waals surface area contributed by atoms with E-state index in [1.807, 2.05) is 56.3 Å². The van der Waals surface area contributed by atoms with Crippen molar-refractivity contribution in [2.24, 2.45) is 0 Å². The summed E-state index contributed by atoms with van der Waals surface area (Å²) in [4.78, 5) is 21.2. The van der Waals surface area contributed by atoms with Crippen LogP contribution in [-0.2, 0) is 0 Å². The van der Waals surface area contributed by atoms with Crippen molar-refractivity contribution in [2.75, 3.05) is 21.3 Å². The highest BCUT2D eigenvalue weighted by molar-refractivity contribution is 6.30. The van der Waals surface area contributed by atoms with E-state index in [0.717, 1.165) is 17.1 Å². The van der Waals surface area contributed by atoms with E-state index in [1.165, 1.54) is 5.56 Å². The van der Waals surface area contributed by atoms with Crippen LogP contribution in [0.3, 0.4) is 0 Å². The molecule has 166 valence electrons. The van der Waals surface area contributed by atoms with Crippen molar-refractivity contribution in [1.29, 1.82) is 0 Å². The van der Waals surface area contributed by atoms with E-state index in [-0.39, 0.29) is 6.03 Å². The van der Waals surface area contributed by atoms with Crippen LogP contribution >= 0.6 is 11.6 Å². The lowest BCUT2D eigenvalue weighted by molar-refractivity contribution is 0.262. The van der Waals surface area contributed by atoms with E-state index in [0.29, 0.717) is 28.2 Å². The average Bonchev–Trinajstić information content (AvgIpc) is 2.78. The van der Waals surface area contributed by atoms with Gasteiger partial charge in [-0.25, -0.2) is 9.78 Å². The number of nitrogens with zero attached hydrogens (tertiary/aromatic N) is 2. The number of urea groups is 1. The molecule has 4 aromatic rings. The molecule has 4 N–H and O–H groups in total. The second-order valence-corrected chi connectivity index (χ2v) is 7.93. The van der Waals surface area contributed by atoms with E-state index in [9.17, 15) is 4.79 Å². The molecule has 0 atom stereocenters. The number of carbonyl (C=O) groups is 1. The number of hydrogen-bond donors (Lipinski definition) is 4. The first kappa shape index (κ1) is 22.1. The number of amides is 2. The molecule has 4 rings (SSSR count). The smallest absolute Gasteiger partial charge is 0.323 e. The summed E-state index contributed by atoms with van der Waals surface area (Å²) in [6.07, 6.45) is 0. The van der Waals surface area contributed by atoms with Gasteiger partial charge in [-0.05, 0) is 74.5 Å². The Labute approximate surface area is 197 Å². The average molecular weight is 459 g/mol. The van der Waals surface area contributed by atoms with Gasteiger partial charge in [0.25, 0.3) is 0 Å². The molecular weight excluding hydrogens is 436 g/mol. The number of anilines is 6. The maximum atomic E-state index is 12.2. The van der Waals surface area contributed by atoms with E-state index < -0.39 is 0 Å². The van der Waals surface area contributed by atoms with E-state index >= 15 is 0 Å². The van der Waals surface area contributed by atoms with Crippen molar-refractivity contribution in [2.45, 2.75) is 13.8 Å². The van der Waals surface area contributed by atoms with Crippen LogP contribution in [0.4, 0.5) is 39.3 Å². The van der Waals surface area contributed by atoms with Crippen LogP contribution in [0.15, 0.2) is 78.9 Å². The molecule has 0 aliphatic carbocycles. The van der Waals surface area contributed by atoms with Gasteiger partial charge in [-0.2, -0.15) is 4.98 Å². The van der Waals surface area contributed by atoms with Crippen LogP contribution < -0.4 is 21.3 Å². The fourth-order valence-electron chi connectivity index (χ4n) is 3.07. The molecule has 8 heteroatoms. The van der Waals surface area contributed by atoms with Gasteiger partial charge in [0.05, 0.1) is 0 Å². The van der Waals surface area contributed by atoms with Crippen molar-refractivity contribution < 1.29 is 4.79 Å². The summed E-state index contributed by atoms with van der Waals surface area (Å²) in [5.74, 6) is 1.18. The molecule has 2 amide bonds. The van der Waals surface area contributed by atoms with Crippen LogP contribution in [0.2, 0.25) is 5.02 Å². The topological polar surface area (TPSA) is 91.0 Å². The maximum absolute atomic E-state index is 12.2. The minimum absolute atomic E-state index is 0.341. The first-order valence-corrected chi connectivity index (χ1v) is 10.7. The Morgan fingerprint density at radius 1 is 0.697 bits per heavy atom. The van der Waals surface area contributed by atoms with Crippen molar-refractivity contribution in [3.05, 3.63) is 95.1 Å². The molecule has 3 aromatic carbocycles. The van der Waals surface area contributed by atoms with Gasteiger partial charge >= 0.3 is 6.03 Å².